The molecule has 0 spiro atoms. The van der Waals surface area contributed by atoms with Crippen LogP contribution in [0.25, 0.3) is 0 Å². The van der Waals surface area contributed by atoms with E-state index in [1.807, 2.05) is 19.2 Å². The van der Waals surface area contributed by atoms with Crippen molar-refractivity contribution in [3.8, 4) is 6.07 Å². The number of benzene rings is 2. The quantitative estimate of drug-likeness (QED) is 0.294. The second-order valence-corrected chi connectivity index (χ2v) is 10.2. The number of rotatable bonds is 8. The minimum Gasteiger partial charge on any atom is -0.351 e. The molecule has 0 aliphatic rings. The van der Waals surface area contributed by atoms with Gasteiger partial charge in [-0.15, -0.1) is 0 Å². The average Bonchev–Trinajstić information content (AvgIpc) is 2.77. The molecule has 34 heavy (non-hydrogen) atoms. The van der Waals surface area contributed by atoms with Gasteiger partial charge in [0.15, 0.2) is 0 Å². The van der Waals surface area contributed by atoms with E-state index in [1.54, 1.807) is 0 Å². The number of aryl methyl sites for hydroxylation is 1. The summed E-state index contributed by atoms with van der Waals surface area (Å²) in [4.78, 5) is 9.53. The lowest BCUT2D eigenvalue weighted by Gasteiger charge is -2.40. The molecule has 0 aliphatic carbocycles. The second kappa shape index (κ2) is 10.6. The van der Waals surface area contributed by atoms with Gasteiger partial charge in [-0.3, -0.25) is 4.79 Å². The molecule has 0 saturated carbocycles. The second-order valence-electron chi connectivity index (χ2n) is 7.80. The van der Waals surface area contributed by atoms with Crippen molar-refractivity contribution >= 4 is 16.1 Å². The van der Waals surface area contributed by atoms with E-state index in [9.17, 15) is 29.5 Å². The fraction of sp³-hybridized carbons (Fsp3) is 0.333. The molecule has 2 rings (SSSR count). The minimum absolute atomic E-state index is 0.103. The van der Waals surface area contributed by atoms with Gasteiger partial charge in [-0.25, -0.2) is 0 Å². The molecule has 0 radical (unpaired) electrons. The summed E-state index contributed by atoms with van der Waals surface area (Å²) >= 11 is 0. The summed E-state index contributed by atoms with van der Waals surface area (Å²) in [6.45, 7) is 9.66. The lowest BCUT2D eigenvalue weighted by atomic mass is 9.87. The molecule has 0 aliphatic heterocycles. The van der Waals surface area contributed by atoms with Crippen molar-refractivity contribution in [3.05, 3.63) is 77.4 Å². The van der Waals surface area contributed by atoms with Crippen LogP contribution in [0.3, 0.4) is 0 Å². The summed E-state index contributed by atoms with van der Waals surface area (Å²) in [5, 5.41) is 15.4. The average molecular weight is 504 g/mol. The van der Waals surface area contributed by atoms with E-state index in [0.29, 0.717) is 35.7 Å². The highest BCUT2D eigenvalue weighted by Gasteiger charge is 2.65. The van der Waals surface area contributed by atoms with Crippen LogP contribution in [0.1, 0.15) is 54.5 Å². The van der Waals surface area contributed by atoms with E-state index in [4.69, 9.17) is 0 Å². The first kappa shape index (κ1) is 29.1. The van der Waals surface area contributed by atoms with Crippen molar-refractivity contribution in [3.63, 3.8) is 0 Å². The molecule has 0 heterocycles. The SMILES string of the molecule is C=CC(=O)NCC(NC)c1c(C#N)cccc1C(C)CC.Cc1ccc(S(F)(F)(F)(F)F)cc1. The van der Waals surface area contributed by atoms with E-state index >= 15 is 0 Å². The van der Waals surface area contributed by atoms with Gasteiger partial charge >= 0.3 is 10.2 Å². The fourth-order valence-electron chi connectivity index (χ4n) is 3.14. The normalized spacial score (nSPS) is 14.8. The Balaban J connectivity index is 0.000000380. The summed E-state index contributed by atoms with van der Waals surface area (Å²) in [7, 11) is -7.62. The van der Waals surface area contributed by atoms with Crippen molar-refractivity contribution < 1.29 is 24.2 Å². The highest BCUT2D eigenvalue weighted by atomic mass is 32.5. The molecule has 2 aromatic rings. The molecular formula is C24H30F5N3OS. The Bertz CT molecular complexity index is 1050. The maximum atomic E-state index is 12.1. The van der Waals surface area contributed by atoms with E-state index in [0.717, 1.165) is 29.7 Å². The molecule has 4 nitrogen and oxygen atoms in total. The number of hydrogen-bond donors (Lipinski definition) is 2. The molecule has 0 saturated heterocycles. The number of likely N-dealkylation sites (N-methyl/N-ethyl adjacent to an activating group) is 1. The summed E-state index contributed by atoms with van der Waals surface area (Å²) in [5.41, 5.74) is 3.29. The van der Waals surface area contributed by atoms with Crippen LogP contribution in [0.15, 0.2) is 60.0 Å². The molecule has 2 N–H and O–H groups in total. The maximum Gasteiger partial charge on any atom is 0.310 e. The molecule has 2 unspecified atom stereocenters. The third-order valence-electron chi connectivity index (χ3n) is 5.23. The van der Waals surface area contributed by atoms with Crippen LogP contribution in [-0.4, -0.2) is 19.5 Å². The van der Waals surface area contributed by atoms with Crippen LogP contribution in [0.4, 0.5) is 19.4 Å². The lowest BCUT2D eigenvalue weighted by Crippen LogP contribution is -2.33. The smallest absolute Gasteiger partial charge is 0.310 e. The molecule has 10 heteroatoms. The Labute approximate surface area is 197 Å². The zero-order valence-corrected chi connectivity index (χ0v) is 20.4. The number of carbonyl (C=O) groups excluding carboxylic acids is 1. The number of halogens is 5. The van der Waals surface area contributed by atoms with Crippen molar-refractivity contribution in [2.75, 3.05) is 13.6 Å². The van der Waals surface area contributed by atoms with Crippen molar-refractivity contribution in [1.29, 1.82) is 5.26 Å². The van der Waals surface area contributed by atoms with Crippen LogP contribution >= 0.6 is 10.2 Å². The zero-order chi connectivity index (χ0) is 26.2. The van der Waals surface area contributed by atoms with Crippen molar-refractivity contribution in [2.45, 2.75) is 44.0 Å². The molecule has 0 fully saturated rings. The number of hydrogen-bond acceptors (Lipinski definition) is 3. The van der Waals surface area contributed by atoms with Gasteiger partial charge in [0.25, 0.3) is 0 Å². The predicted octanol–water partition coefficient (Wildman–Crippen LogP) is 7.29. The fourth-order valence-corrected chi connectivity index (χ4v) is 3.79. The number of carbonyl (C=O) groups is 1. The Hall–Kier alpha value is -2.90. The third-order valence-corrected chi connectivity index (χ3v) is 6.40. The Morgan fingerprint density at radius 1 is 1.15 bits per heavy atom. The molecule has 188 valence electrons. The lowest BCUT2D eigenvalue weighted by molar-refractivity contribution is -0.116. The van der Waals surface area contributed by atoms with Crippen LogP contribution < -0.4 is 10.6 Å². The Morgan fingerprint density at radius 2 is 1.74 bits per heavy atom. The highest BCUT2D eigenvalue weighted by Crippen LogP contribution is 3.02. The number of amides is 1. The molecule has 0 bridgehead atoms. The Morgan fingerprint density at radius 3 is 2.18 bits per heavy atom. The first-order chi connectivity index (χ1) is 15.6. The maximum absolute atomic E-state index is 12.1. The third kappa shape index (κ3) is 8.47. The van der Waals surface area contributed by atoms with Crippen LogP contribution in [0, 0.1) is 18.3 Å². The topological polar surface area (TPSA) is 64.9 Å². The zero-order valence-electron chi connectivity index (χ0n) is 19.5. The largest absolute Gasteiger partial charge is 0.351 e. The molecule has 0 aromatic heterocycles. The molecule has 2 aromatic carbocycles. The monoisotopic (exact) mass is 503 g/mol. The number of nitrogens with zero attached hydrogens (tertiary/aromatic N) is 1. The standard InChI is InChI=1S/C17H23N3O.C7H7F5S/c1-5-12(3)14-9-7-8-13(10-18)17(14)15(19-4)11-20-16(21)6-2;1-6-2-4-7(5-3-6)13(8,9,10,11)12/h6-9,12,15,19H,2,5,11H2,1,3-4H3,(H,20,21);2-5H,1H3. The van der Waals surface area contributed by atoms with Gasteiger partial charge in [-0.2, -0.15) is 5.26 Å². The summed E-state index contributed by atoms with van der Waals surface area (Å²) < 4.78 is 60.4. The molecular weight excluding hydrogens is 473 g/mol. The van der Waals surface area contributed by atoms with E-state index in [-0.39, 0.29) is 11.9 Å². The summed E-state index contributed by atoms with van der Waals surface area (Å²) in [5.74, 6) is 0.147. The van der Waals surface area contributed by atoms with Gasteiger partial charge in [0.05, 0.1) is 17.7 Å². The van der Waals surface area contributed by atoms with Gasteiger partial charge in [0.1, 0.15) is 4.90 Å². The molecule has 2 atom stereocenters. The Kier molecular flexibility index (Phi) is 9.06. The van der Waals surface area contributed by atoms with Crippen LogP contribution in [0.5, 0.6) is 0 Å². The predicted molar refractivity (Wildman–Crippen MR) is 127 cm³/mol. The van der Waals surface area contributed by atoms with Crippen molar-refractivity contribution in [1.82, 2.24) is 10.6 Å². The first-order valence-corrected chi connectivity index (χ1v) is 12.4. The minimum atomic E-state index is -9.45. The van der Waals surface area contributed by atoms with Gasteiger partial charge in [0.2, 0.25) is 5.91 Å². The van der Waals surface area contributed by atoms with Crippen LogP contribution in [0.2, 0.25) is 0 Å². The van der Waals surface area contributed by atoms with Crippen LogP contribution in [-0.2, 0) is 4.79 Å². The van der Waals surface area contributed by atoms with Gasteiger partial charge in [-0.1, -0.05) is 69.7 Å². The number of nitrogens with one attached hydrogen (secondary N) is 2. The van der Waals surface area contributed by atoms with Crippen molar-refractivity contribution in [2.24, 2.45) is 0 Å². The first-order valence-electron chi connectivity index (χ1n) is 10.5. The van der Waals surface area contributed by atoms with Gasteiger partial charge in [0, 0.05) is 6.54 Å². The van der Waals surface area contributed by atoms with E-state index in [1.165, 1.54) is 13.0 Å². The van der Waals surface area contributed by atoms with Gasteiger partial charge in [-0.05, 0) is 61.7 Å². The highest BCUT2D eigenvalue weighted by molar-refractivity contribution is 8.45. The molecule has 1 amide bonds. The van der Waals surface area contributed by atoms with E-state index < -0.39 is 15.1 Å². The van der Waals surface area contributed by atoms with E-state index in [2.05, 4.69) is 43.2 Å². The van der Waals surface area contributed by atoms with Gasteiger partial charge < -0.3 is 10.6 Å². The number of nitriles is 1. The summed E-state index contributed by atoms with van der Waals surface area (Å²) in [6, 6.07) is 10.8. The summed E-state index contributed by atoms with van der Waals surface area (Å²) in [6.07, 6.45) is 2.25.